The summed E-state index contributed by atoms with van der Waals surface area (Å²) in [6, 6.07) is 9.68. The van der Waals surface area contributed by atoms with Gasteiger partial charge in [-0.15, -0.1) is 11.3 Å². The Hall–Kier alpha value is -2.18. The third-order valence-electron chi connectivity index (χ3n) is 4.15. The fourth-order valence-corrected chi connectivity index (χ4v) is 4.10. The van der Waals surface area contributed by atoms with Gasteiger partial charge in [0.2, 0.25) is 0 Å². The molecule has 6 heteroatoms. The van der Waals surface area contributed by atoms with E-state index in [1.165, 1.54) is 11.3 Å². The van der Waals surface area contributed by atoms with E-state index in [1.54, 1.807) is 0 Å². The summed E-state index contributed by atoms with van der Waals surface area (Å²) >= 11 is 1.39. The molecule has 138 valence electrons. The summed E-state index contributed by atoms with van der Waals surface area (Å²) in [4.78, 5) is 26.2. The first-order chi connectivity index (χ1) is 12.5. The van der Waals surface area contributed by atoms with Crippen molar-refractivity contribution in [1.82, 2.24) is 0 Å². The summed E-state index contributed by atoms with van der Waals surface area (Å²) in [5.74, 6) is -0.632. The maximum atomic E-state index is 12.8. The van der Waals surface area contributed by atoms with Crippen molar-refractivity contribution in [3.05, 3.63) is 40.8 Å². The van der Waals surface area contributed by atoms with E-state index >= 15 is 0 Å². The number of aryl methyl sites for hydroxylation is 1. The SMILES string of the molecule is Cc1sc(NC(=O)[C@H]2CCCO2)c(C(=O)OC(C)C)c1-c1ccccc1. The number of hydrogen-bond acceptors (Lipinski definition) is 5. The van der Waals surface area contributed by atoms with Gasteiger partial charge in [0.05, 0.1) is 6.10 Å². The minimum Gasteiger partial charge on any atom is -0.459 e. The van der Waals surface area contributed by atoms with Crippen LogP contribution in [-0.4, -0.2) is 30.7 Å². The highest BCUT2D eigenvalue weighted by molar-refractivity contribution is 7.17. The number of amides is 1. The molecule has 0 radical (unpaired) electrons. The Labute approximate surface area is 157 Å². The van der Waals surface area contributed by atoms with Gasteiger partial charge in [0.1, 0.15) is 16.7 Å². The molecule has 1 aliphatic rings. The summed E-state index contributed by atoms with van der Waals surface area (Å²) in [5, 5.41) is 3.41. The van der Waals surface area contributed by atoms with Crippen LogP contribution in [0.4, 0.5) is 5.00 Å². The fraction of sp³-hybridized carbons (Fsp3) is 0.400. The molecular weight excluding hydrogens is 350 g/mol. The van der Waals surface area contributed by atoms with Gasteiger partial charge >= 0.3 is 5.97 Å². The molecule has 1 fully saturated rings. The van der Waals surface area contributed by atoms with Crippen molar-refractivity contribution in [2.45, 2.75) is 45.8 Å². The Kier molecular flexibility index (Phi) is 5.74. The van der Waals surface area contributed by atoms with Crippen LogP contribution in [0.5, 0.6) is 0 Å². The van der Waals surface area contributed by atoms with Gasteiger partial charge in [-0.2, -0.15) is 0 Å². The van der Waals surface area contributed by atoms with E-state index in [-0.39, 0.29) is 12.0 Å². The lowest BCUT2D eigenvalue weighted by molar-refractivity contribution is -0.124. The Bertz CT molecular complexity index is 792. The fourth-order valence-electron chi connectivity index (χ4n) is 3.03. The molecule has 1 aromatic carbocycles. The number of thiophene rings is 1. The molecule has 0 aliphatic carbocycles. The van der Waals surface area contributed by atoms with E-state index in [1.807, 2.05) is 51.1 Å². The molecule has 1 aliphatic heterocycles. The van der Waals surface area contributed by atoms with Gasteiger partial charge in [0.25, 0.3) is 5.91 Å². The number of anilines is 1. The van der Waals surface area contributed by atoms with Crippen molar-refractivity contribution in [2.24, 2.45) is 0 Å². The lowest BCUT2D eigenvalue weighted by Gasteiger charge is -2.13. The van der Waals surface area contributed by atoms with E-state index in [0.29, 0.717) is 23.6 Å². The maximum absolute atomic E-state index is 12.8. The topological polar surface area (TPSA) is 64.6 Å². The van der Waals surface area contributed by atoms with Crippen molar-refractivity contribution in [2.75, 3.05) is 11.9 Å². The summed E-state index contributed by atoms with van der Waals surface area (Å²) in [6.07, 6.45) is 0.881. The molecule has 0 unspecified atom stereocenters. The van der Waals surface area contributed by atoms with E-state index in [0.717, 1.165) is 22.4 Å². The molecule has 1 saturated heterocycles. The largest absolute Gasteiger partial charge is 0.459 e. The van der Waals surface area contributed by atoms with E-state index in [2.05, 4.69) is 5.32 Å². The van der Waals surface area contributed by atoms with Crippen LogP contribution in [0.25, 0.3) is 11.1 Å². The molecule has 0 saturated carbocycles. The first-order valence-electron chi connectivity index (χ1n) is 8.79. The Morgan fingerprint density at radius 3 is 2.62 bits per heavy atom. The summed E-state index contributed by atoms with van der Waals surface area (Å²) in [6.45, 7) is 6.16. The minimum absolute atomic E-state index is 0.207. The zero-order valence-corrected chi connectivity index (χ0v) is 16.0. The van der Waals surface area contributed by atoms with Gasteiger partial charge in [0.15, 0.2) is 0 Å². The van der Waals surface area contributed by atoms with Crippen molar-refractivity contribution in [1.29, 1.82) is 0 Å². The van der Waals surface area contributed by atoms with Gasteiger partial charge in [-0.1, -0.05) is 30.3 Å². The van der Waals surface area contributed by atoms with Gasteiger partial charge in [-0.3, -0.25) is 4.79 Å². The molecule has 1 atom stereocenters. The molecular formula is C20H23NO4S. The summed E-state index contributed by atoms with van der Waals surface area (Å²) in [7, 11) is 0. The quantitative estimate of drug-likeness (QED) is 0.789. The average Bonchev–Trinajstić information content (AvgIpc) is 3.23. The van der Waals surface area contributed by atoms with E-state index in [9.17, 15) is 9.59 Å². The molecule has 0 bridgehead atoms. The molecule has 26 heavy (non-hydrogen) atoms. The number of carbonyl (C=O) groups is 2. The number of carbonyl (C=O) groups excluding carboxylic acids is 2. The van der Waals surface area contributed by atoms with Crippen LogP contribution in [0.1, 0.15) is 41.9 Å². The highest BCUT2D eigenvalue weighted by Gasteiger charge is 2.29. The third kappa shape index (κ3) is 3.97. The third-order valence-corrected chi connectivity index (χ3v) is 5.17. The van der Waals surface area contributed by atoms with Crippen LogP contribution in [0.3, 0.4) is 0 Å². The molecule has 2 aromatic rings. The van der Waals surface area contributed by atoms with Crippen molar-refractivity contribution < 1.29 is 19.1 Å². The monoisotopic (exact) mass is 373 g/mol. The number of nitrogens with one attached hydrogen (secondary N) is 1. The zero-order chi connectivity index (χ0) is 18.7. The van der Waals surface area contributed by atoms with Crippen molar-refractivity contribution in [3.63, 3.8) is 0 Å². The Morgan fingerprint density at radius 1 is 1.27 bits per heavy atom. The number of hydrogen-bond donors (Lipinski definition) is 1. The molecule has 3 rings (SSSR count). The predicted molar refractivity (Wildman–Crippen MR) is 103 cm³/mol. The van der Waals surface area contributed by atoms with Crippen molar-refractivity contribution >= 4 is 28.2 Å². The number of rotatable bonds is 5. The average molecular weight is 373 g/mol. The van der Waals surface area contributed by atoms with Gasteiger partial charge in [-0.25, -0.2) is 4.79 Å². The first kappa shape index (κ1) is 18.6. The number of ether oxygens (including phenoxy) is 2. The Morgan fingerprint density at radius 2 is 2.00 bits per heavy atom. The van der Waals surface area contributed by atoms with Crippen LogP contribution >= 0.6 is 11.3 Å². The maximum Gasteiger partial charge on any atom is 0.342 e. The Balaban J connectivity index is 2.00. The molecule has 5 nitrogen and oxygen atoms in total. The number of benzene rings is 1. The first-order valence-corrected chi connectivity index (χ1v) is 9.61. The lowest BCUT2D eigenvalue weighted by Crippen LogP contribution is -2.27. The molecule has 1 amide bonds. The van der Waals surface area contributed by atoms with Crippen LogP contribution in [0.2, 0.25) is 0 Å². The standard InChI is InChI=1S/C20H23NO4S/c1-12(2)25-20(23)17-16(14-8-5-4-6-9-14)13(3)26-19(17)21-18(22)15-10-7-11-24-15/h4-6,8-9,12,15H,7,10-11H2,1-3H3,(H,21,22)/t15-/m1/s1. The predicted octanol–water partition coefficient (Wildman–Crippen LogP) is 4.41. The van der Waals surface area contributed by atoms with Crippen LogP contribution in [-0.2, 0) is 14.3 Å². The second-order valence-electron chi connectivity index (χ2n) is 6.55. The van der Waals surface area contributed by atoms with Crippen molar-refractivity contribution in [3.8, 4) is 11.1 Å². The van der Waals surface area contributed by atoms with E-state index in [4.69, 9.17) is 9.47 Å². The van der Waals surface area contributed by atoms with Crippen LogP contribution in [0.15, 0.2) is 30.3 Å². The molecule has 1 aromatic heterocycles. The second kappa shape index (κ2) is 8.01. The minimum atomic E-state index is -0.452. The summed E-state index contributed by atoms with van der Waals surface area (Å²) < 4.78 is 10.9. The van der Waals surface area contributed by atoms with Gasteiger partial charge in [-0.05, 0) is 39.2 Å². The summed E-state index contributed by atoms with van der Waals surface area (Å²) in [5.41, 5.74) is 2.15. The molecule has 0 spiro atoms. The van der Waals surface area contributed by atoms with Gasteiger partial charge in [0, 0.05) is 17.0 Å². The highest BCUT2D eigenvalue weighted by Crippen LogP contribution is 2.40. The normalized spacial score (nSPS) is 16.7. The van der Waals surface area contributed by atoms with E-state index < -0.39 is 12.1 Å². The smallest absolute Gasteiger partial charge is 0.342 e. The molecule has 1 N–H and O–H groups in total. The second-order valence-corrected chi connectivity index (χ2v) is 7.77. The lowest BCUT2D eigenvalue weighted by atomic mass is 10.0. The van der Waals surface area contributed by atoms with Gasteiger partial charge < -0.3 is 14.8 Å². The zero-order valence-electron chi connectivity index (χ0n) is 15.2. The number of esters is 1. The van der Waals surface area contributed by atoms with Crippen LogP contribution in [0, 0.1) is 6.92 Å². The molecule has 2 heterocycles. The highest BCUT2D eigenvalue weighted by atomic mass is 32.1. The van der Waals surface area contributed by atoms with Crippen LogP contribution < -0.4 is 5.32 Å².